The lowest BCUT2D eigenvalue weighted by Crippen LogP contribution is -2.37. The molecule has 0 amide bonds. The fourth-order valence-electron chi connectivity index (χ4n) is 0.776. The van der Waals surface area contributed by atoms with E-state index >= 15 is 0 Å². The van der Waals surface area contributed by atoms with E-state index in [2.05, 4.69) is 20.9 Å². The van der Waals surface area contributed by atoms with Crippen molar-refractivity contribution in [1.82, 2.24) is 4.98 Å². The molecule has 1 rings (SSSR count). The smallest absolute Gasteiger partial charge is 0.135 e. The molecule has 2 nitrogen and oxygen atoms in total. The minimum absolute atomic E-state index is 0.157. The van der Waals surface area contributed by atoms with Crippen LogP contribution in [0.15, 0.2) is 22.9 Å². The van der Waals surface area contributed by atoms with Crippen LogP contribution >= 0.6 is 15.9 Å². The fraction of sp³-hybridized carbons (Fsp3) is 0.167. The van der Waals surface area contributed by atoms with Crippen LogP contribution in [0.2, 0.25) is 0 Å². The van der Waals surface area contributed by atoms with E-state index in [1.54, 1.807) is 6.20 Å². The molecule has 1 aromatic rings. The Bertz CT molecular complexity index is 258. The first-order chi connectivity index (χ1) is 5.47. The Morgan fingerprint density at radius 3 is 2.42 bits per heavy atom. The van der Waals surface area contributed by atoms with E-state index in [4.69, 9.17) is 4.74 Å². The maximum Gasteiger partial charge on any atom is 0.135 e. The summed E-state index contributed by atoms with van der Waals surface area (Å²) in [7, 11) is 6.03. The number of pyridine rings is 1. The lowest BCUT2D eigenvalue weighted by Gasteiger charge is -2.21. The Morgan fingerprint density at radius 1 is 1.33 bits per heavy atom. The summed E-state index contributed by atoms with van der Waals surface area (Å²) in [5.74, 6) is 0.797. The van der Waals surface area contributed by atoms with E-state index in [1.807, 2.05) is 35.7 Å². The molecule has 0 aliphatic carbocycles. The molecule has 0 aliphatic heterocycles. The standard InChI is InChI=1S/C6H9B3BrNO/c7-6(8,9)12-4-1-2-5(10)11-3-4/h1-3H,7-9H2. The molecule has 0 bridgehead atoms. The van der Waals surface area contributed by atoms with Crippen LogP contribution in [0, 0.1) is 0 Å². The van der Waals surface area contributed by atoms with Gasteiger partial charge in [-0.05, 0) is 28.1 Å². The molecule has 12 heavy (non-hydrogen) atoms. The molecule has 0 saturated heterocycles. The molecular weight excluding hydrogens is 214 g/mol. The highest BCUT2D eigenvalue weighted by Gasteiger charge is 2.11. The van der Waals surface area contributed by atoms with Crippen molar-refractivity contribution in [2.45, 2.75) is 5.30 Å². The van der Waals surface area contributed by atoms with Crippen molar-refractivity contribution in [3.8, 4) is 5.75 Å². The van der Waals surface area contributed by atoms with Gasteiger partial charge in [0.1, 0.15) is 33.9 Å². The highest BCUT2D eigenvalue weighted by atomic mass is 79.9. The molecule has 0 radical (unpaired) electrons. The summed E-state index contributed by atoms with van der Waals surface area (Å²) in [5.41, 5.74) is 0. The number of ether oxygens (including phenoxy) is 1. The van der Waals surface area contributed by atoms with Gasteiger partial charge in [-0.25, -0.2) is 4.98 Å². The van der Waals surface area contributed by atoms with E-state index in [9.17, 15) is 0 Å². The van der Waals surface area contributed by atoms with Crippen molar-refractivity contribution < 1.29 is 4.74 Å². The molecule has 0 N–H and O–H groups in total. The van der Waals surface area contributed by atoms with Crippen LogP contribution < -0.4 is 4.74 Å². The van der Waals surface area contributed by atoms with Gasteiger partial charge in [0, 0.05) is 5.30 Å². The SMILES string of the molecule is BC(B)(B)Oc1ccc(Br)nc1. The lowest BCUT2D eigenvalue weighted by atomic mass is 9.52. The Balaban J connectivity index is 2.71. The molecule has 60 valence electrons. The van der Waals surface area contributed by atoms with E-state index in [0.29, 0.717) is 0 Å². The average Bonchev–Trinajstić information content (AvgIpc) is 1.91. The summed E-state index contributed by atoms with van der Waals surface area (Å²) >= 11 is 3.26. The van der Waals surface area contributed by atoms with E-state index < -0.39 is 0 Å². The van der Waals surface area contributed by atoms with Crippen molar-refractivity contribution in [2.75, 3.05) is 0 Å². The molecule has 0 saturated carbocycles. The van der Waals surface area contributed by atoms with Gasteiger partial charge in [-0.3, -0.25) is 0 Å². The van der Waals surface area contributed by atoms with Crippen LogP contribution in [0.1, 0.15) is 0 Å². The highest BCUT2D eigenvalue weighted by Crippen LogP contribution is 2.14. The summed E-state index contributed by atoms with van der Waals surface area (Å²) in [6, 6.07) is 3.75. The second kappa shape index (κ2) is 3.56. The molecule has 6 heteroatoms. The average molecular weight is 223 g/mol. The van der Waals surface area contributed by atoms with Crippen LogP contribution in [0.3, 0.4) is 0 Å². The first kappa shape index (κ1) is 9.71. The maximum atomic E-state index is 5.57. The molecule has 0 aliphatic rings. The van der Waals surface area contributed by atoms with Crippen LogP contribution in [0.4, 0.5) is 0 Å². The predicted molar refractivity (Wildman–Crippen MR) is 60.9 cm³/mol. The van der Waals surface area contributed by atoms with Gasteiger partial charge >= 0.3 is 0 Å². The summed E-state index contributed by atoms with van der Waals surface area (Å²) in [6.45, 7) is 0. The van der Waals surface area contributed by atoms with Crippen molar-refractivity contribution in [2.24, 2.45) is 0 Å². The second-order valence-corrected chi connectivity index (χ2v) is 4.34. The number of halogens is 1. The molecule has 1 heterocycles. The van der Waals surface area contributed by atoms with E-state index in [-0.39, 0.29) is 5.30 Å². The number of hydrogen-bond acceptors (Lipinski definition) is 2. The molecule has 0 spiro atoms. The Hall–Kier alpha value is -0.375. The second-order valence-electron chi connectivity index (χ2n) is 3.53. The molecule has 0 fully saturated rings. The number of nitrogens with zero attached hydrogens (tertiary/aromatic N) is 1. The van der Waals surface area contributed by atoms with Gasteiger partial charge in [0.2, 0.25) is 0 Å². The van der Waals surface area contributed by atoms with Gasteiger partial charge in [0.15, 0.2) is 0 Å². The largest absolute Gasteiger partial charge is 0.512 e. The minimum Gasteiger partial charge on any atom is -0.512 e. The third-order valence-corrected chi connectivity index (χ3v) is 1.59. The molecule has 0 atom stereocenters. The zero-order valence-electron chi connectivity index (χ0n) is 7.47. The number of hydrogen-bond donors (Lipinski definition) is 0. The lowest BCUT2D eigenvalue weighted by molar-refractivity contribution is 0.317. The monoisotopic (exact) mass is 223 g/mol. The van der Waals surface area contributed by atoms with Crippen LogP contribution in [-0.2, 0) is 0 Å². The van der Waals surface area contributed by atoms with E-state index in [1.165, 1.54) is 0 Å². The summed E-state index contributed by atoms with van der Waals surface area (Å²) in [5, 5.41) is -0.157. The van der Waals surface area contributed by atoms with Crippen LogP contribution in [-0.4, -0.2) is 33.8 Å². The van der Waals surface area contributed by atoms with E-state index in [0.717, 1.165) is 10.4 Å². The Morgan fingerprint density at radius 2 is 2.00 bits per heavy atom. The van der Waals surface area contributed by atoms with Gasteiger partial charge in [-0.1, -0.05) is 0 Å². The first-order valence-electron chi connectivity index (χ1n) is 3.78. The third-order valence-electron chi connectivity index (χ3n) is 1.12. The predicted octanol–water partition coefficient (Wildman–Crippen LogP) is -1.27. The zero-order valence-corrected chi connectivity index (χ0v) is 9.05. The number of aromatic nitrogens is 1. The third kappa shape index (κ3) is 3.35. The normalized spacial score (nSPS) is 11.1. The summed E-state index contributed by atoms with van der Waals surface area (Å²) < 4.78 is 6.40. The summed E-state index contributed by atoms with van der Waals surface area (Å²) in [6.07, 6.45) is 1.70. The quantitative estimate of drug-likeness (QED) is 0.461. The summed E-state index contributed by atoms with van der Waals surface area (Å²) in [4.78, 5) is 4.05. The van der Waals surface area contributed by atoms with Crippen LogP contribution in [0.25, 0.3) is 0 Å². The number of rotatable bonds is 2. The molecular formula is C6H9B3BrNO. The minimum atomic E-state index is -0.157. The van der Waals surface area contributed by atoms with Crippen molar-refractivity contribution in [3.05, 3.63) is 22.9 Å². The molecule has 0 aromatic carbocycles. The fourth-order valence-corrected chi connectivity index (χ4v) is 1.01. The molecule has 0 unspecified atom stereocenters. The van der Waals surface area contributed by atoms with Gasteiger partial charge < -0.3 is 4.74 Å². The van der Waals surface area contributed by atoms with Gasteiger partial charge in [-0.15, -0.1) is 0 Å². The van der Waals surface area contributed by atoms with Crippen molar-refractivity contribution >= 4 is 39.5 Å². The van der Waals surface area contributed by atoms with Gasteiger partial charge in [0.05, 0.1) is 6.20 Å². The highest BCUT2D eigenvalue weighted by molar-refractivity contribution is 9.10. The Labute approximate surface area is 83.5 Å². The van der Waals surface area contributed by atoms with Crippen molar-refractivity contribution in [1.29, 1.82) is 0 Å². The van der Waals surface area contributed by atoms with Crippen molar-refractivity contribution in [3.63, 3.8) is 0 Å². The van der Waals surface area contributed by atoms with Gasteiger partial charge in [0.25, 0.3) is 0 Å². The maximum absolute atomic E-state index is 5.57. The zero-order chi connectivity index (χ0) is 9.19. The topological polar surface area (TPSA) is 22.1 Å². The first-order valence-corrected chi connectivity index (χ1v) is 4.57. The Kier molecular flexibility index (Phi) is 2.88. The van der Waals surface area contributed by atoms with Gasteiger partial charge in [-0.2, -0.15) is 0 Å². The molecule has 1 aromatic heterocycles. The van der Waals surface area contributed by atoms with Crippen LogP contribution in [0.5, 0.6) is 5.75 Å².